The van der Waals surface area contributed by atoms with Crippen LogP contribution in [0.25, 0.3) is 0 Å². The van der Waals surface area contributed by atoms with Crippen molar-refractivity contribution in [3.8, 4) is 5.75 Å². The van der Waals surface area contributed by atoms with Gasteiger partial charge in [0.25, 0.3) is 5.91 Å². The predicted molar refractivity (Wildman–Crippen MR) is 176 cm³/mol. The van der Waals surface area contributed by atoms with Crippen molar-refractivity contribution in [2.45, 2.75) is 45.1 Å². The van der Waals surface area contributed by atoms with Gasteiger partial charge in [0.15, 0.2) is 0 Å². The first-order chi connectivity index (χ1) is 22.3. The van der Waals surface area contributed by atoms with E-state index in [1.165, 1.54) is 17.0 Å². The van der Waals surface area contributed by atoms with Crippen LogP contribution in [-0.2, 0) is 29.1 Å². The van der Waals surface area contributed by atoms with Crippen molar-refractivity contribution in [1.82, 2.24) is 31.1 Å². The predicted octanol–water partition coefficient (Wildman–Crippen LogP) is 2.92. The number of carbonyl (C=O) groups excluding carboxylic acids is 4. The molecular weight excluding hydrogens is 584 g/mol. The normalized spacial score (nSPS) is 16.1. The average Bonchev–Trinajstić information content (AvgIpc) is 3.06. The second kappa shape index (κ2) is 16.8. The fourth-order valence-corrected chi connectivity index (χ4v) is 5.30. The lowest BCUT2D eigenvalue weighted by molar-refractivity contribution is -0.157. The highest BCUT2D eigenvalue weighted by Crippen LogP contribution is 2.23. The molecule has 0 bridgehead atoms. The van der Waals surface area contributed by atoms with Crippen LogP contribution >= 0.6 is 0 Å². The minimum Gasteiger partial charge on any atom is -0.508 e. The number of hydrogen-bond acceptors (Lipinski definition) is 6. The maximum Gasteiger partial charge on any atom is 0.316 e. The van der Waals surface area contributed by atoms with Gasteiger partial charge in [-0.05, 0) is 47.4 Å². The third-order valence-corrected chi connectivity index (χ3v) is 7.57. The maximum absolute atomic E-state index is 14.2. The Morgan fingerprint density at radius 2 is 1.70 bits per heavy atom. The van der Waals surface area contributed by atoms with Crippen LogP contribution in [0.2, 0.25) is 0 Å². The highest BCUT2D eigenvalue weighted by molar-refractivity contribution is 5.94. The molecule has 1 aliphatic rings. The van der Waals surface area contributed by atoms with Gasteiger partial charge < -0.3 is 36.2 Å². The molecule has 1 heterocycles. The van der Waals surface area contributed by atoms with Crippen molar-refractivity contribution in [3.05, 3.63) is 114 Å². The largest absolute Gasteiger partial charge is 0.508 e. The number of rotatable bonds is 14. The van der Waals surface area contributed by atoms with E-state index in [-0.39, 0.29) is 56.1 Å². The minimum atomic E-state index is -0.952. The third-order valence-electron chi connectivity index (χ3n) is 7.57. The number of carbonyl (C=O) groups is 4. The molecule has 1 aliphatic heterocycles. The summed E-state index contributed by atoms with van der Waals surface area (Å²) in [4.78, 5) is 56.8. The van der Waals surface area contributed by atoms with Crippen LogP contribution in [0.3, 0.4) is 0 Å². The number of phenols is 1. The molecule has 2 atom stereocenters. The summed E-state index contributed by atoms with van der Waals surface area (Å²) in [5.41, 5.74) is 2.86. The summed E-state index contributed by atoms with van der Waals surface area (Å²) in [5.74, 6) is -0.771. The van der Waals surface area contributed by atoms with E-state index in [0.717, 1.165) is 23.1 Å². The summed E-state index contributed by atoms with van der Waals surface area (Å²) < 4.78 is 0. The average molecular weight is 627 g/mol. The molecule has 0 aromatic heterocycles. The standard InChI is InChI=1S/C35H42N6O5/c1-3-17-36-22-32(43)41-30(20-25-13-15-29(42)16-14-25)34(45)40(23-27-11-8-12-28(19-27)33(44)37-18-4-2)24-31(41)39-35(46)38-21-26-9-6-5-7-10-26/h3,5-16,19,30-31,36,42H,1,4,17-18,20-24H2,2H3,(H,37,44)(H2,38,39,46)/t30-,31+/m0/s1. The second-order valence-electron chi connectivity index (χ2n) is 11.1. The number of amides is 5. The van der Waals surface area contributed by atoms with Crippen LogP contribution < -0.4 is 21.3 Å². The molecule has 0 radical (unpaired) electrons. The van der Waals surface area contributed by atoms with E-state index in [2.05, 4.69) is 27.8 Å². The third kappa shape index (κ3) is 9.42. The van der Waals surface area contributed by atoms with Gasteiger partial charge in [0.05, 0.1) is 13.1 Å². The molecule has 0 unspecified atom stereocenters. The molecule has 4 rings (SSSR count). The molecule has 1 fully saturated rings. The Labute approximate surface area is 269 Å². The van der Waals surface area contributed by atoms with Gasteiger partial charge in [-0.25, -0.2) is 4.79 Å². The molecule has 3 aromatic rings. The van der Waals surface area contributed by atoms with Gasteiger partial charge in [0.1, 0.15) is 18.0 Å². The summed E-state index contributed by atoms with van der Waals surface area (Å²) in [6.07, 6.45) is 1.74. The first-order valence-electron chi connectivity index (χ1n) is 15.4. The lowest BCUT2D eigenvalue weighted by Crippen LogP contribution is -2.69. The van der Waals surface area contributed by atoms with E-state index in [1.807, 2.05) is 43.3 Å². The van der Waals surface area contributed by atoms with Crippen molar-refractivity contribution in [2.75, 3.05) is 26.2 Å². The van der Waals surface area contributed by atoms with E-state index in [1.54, 1.807) is 41.3 Å². The van der Waals surface area contributed by atoms with Crippen molar-refractivity contribution in [1.29, 1.82) is 0 Å². The number of hydrogen-bond donors (Lipinski definition) is 5. The number of aromatic hydroxyl groups is 1. The summed E-state index contributed by atoms with van der Waals surface area (Å²) in [5, 5.41) is 21.5. The number of nitrogens with zero attached hydrogens (tertiary/aromatic N) is 2. The zero-order valence-corrected chi connectivity index (χ0v) is 26.1. The van der Waals surface area contributed by atoms with Gasteiger partial charge in [-0.2, -0.15) is 0 Å². The minimum absolute atomic E-state index is 0.0309. The van der Waals surface area contributed by atoms with Gasteiger partial charge in [-0.3, -0.25) is 14.4 Å². The summed E-state index contributed by atoms with van der Waals surface area (Å²) in [7, 11) is 0. The van der Waals surface area contributed by atoms with Crippen molar-refractivity contribution >= 4 is 23.8 Å². The maximum atomic E-state index is 14.2. The lowest BCUT2D eigenvalue weighted by atomic mass is 9.98. The van der Waals surface area contributed by atoms with Crippen LogP contribution in [0.15, 0.2) is 91.5 Å². The monoisotopic (exact) mass is 626 g/mol. The number of phenolic OH excluding ortho intramolecular Hbond substituents is 1. The molecule has 5 amide bonds. The highest BCUT2D eigenvalue weighted by atomic mass is 16.3. The lowest BCUT2D eigenvalue weighted by Gasteiger charge is -2.46. The molecule has 3 aromatic carbocycles. The fourth-order valence-electron chi connectivity index (χ4n) is 5.30. The molecular formula is C35H42N6O5. The number of nitrogens with one attached hydrogen (secondary N) is 4. The van der Waals surface area contributed by atoms with Crippen molar-refractivity contribution < 1.29 is 24.3 Å². The Hall–Kier alpha value is -5.16. The Balaban J connectivity index is 1.63. The Morgan fingerprint density at radius 1 is 0.957 bits per heavy atom. The van der Waals surface area contributed by atoms with Gasteiger partial charge in [0, 0.05) is 38.2 Å². The van der Waals surface area contributed by atoms with Gasteiger partial charge in [-0.15, -0.1) is 6.58 Å². The van der Waals surface area contributed by atoms with Crippen LogP contribution in [-0.4, -0.2) is 77.0 Å². The molecule has 11 heteroatoms. The van der Waals surface area contributed by atoms with Crippen molar-refractivity contribution in [2.24, 2.45) is 0 Å². The van der Waals surface area contributed by atoms with Gasteiger partial charge >= 0.3 is 6.03 Å². The molecule has 11 nitrogen and oxygen atoms in total. The Bertz CT molecular complexity index is 1500. The molecule has 0 spiro atoms. The molecule has 1 saturated heterocycles. The summed E-state index contributed by atoms with van der Waals surface area (Å²) in [6, 6.07) is 21.5. The van der Waals surface area contributed by atoms with E-state index in [0.29, 0.717) is 18.7 Å². The molecule has 0 saturated carbocycles. The second-order valence-corrected chi connectivity index (χ2v) is 11.1. The Kier molecular flexibility index (Phi) is 12.3. The number of urea groups is 1. The van der Waals surface area contributed by atoms with Crippen LogP contribution in [0.4, 0.5) is 4.79 Å². The molecule has 0 aliphatic carbocycles. The first kappa shape index (κ1) is 33.7. The summed E-state index contributed by atoms with van der Waals surface area (Å²) >= 11 is 0. The molecule has 46 heavy (non-hydrogen) atoms. The summed E-state index contributed by atoms with van der Waals surface area (Å²) in [6.45, 7) is 7.01. The van der Waals surface area contributed by atoms with E-state index < -0.39 is 18.2 Å². The quantitative estimate of drug-likeness (QED) is 0.138. The zero-order chi connectivity index (χ0) is 32.9. The first-order valence-corrected chi connectivity index (χ1v) is 15.4. The smallest absolute Gasteiger partial charge is 0.316 e. The molecule has 5 N–H and O–H groups in total. The van der Waals surface area contributed by atoms with Crippen LogP contribution in [0, 0.1) is 0 Å². The number of benzene rings is 3. The topological polar surface area (TPSA) is 143 Å². The Morgan fingerprint density at radius 3 is 2.41 bits per heavy atom. The SMILES string of the molecule is C=CCNCC(=O)N1[C@@H](NC(=O)NCc2ccccc2)CN(Cc2cccc(C(=O)NCCC)c2)C(=O)[C@@H]1Cc1ccc(O)cc1. The highest BCUT2D eigenvalue weighted by Gasteiger charge is 2.43. The number of piperazine rings is 1. The van der Waals surface area contributed by atoms with E-state index >= 15 is 0 Å². The zero-order valence-electron chi connectivity index (χ0n) is 26.1. The van der Waals surface area contributed by atoms with Crippen LogP contribution in [0.5, 0.6) is 5.75 Å². The van der Waals surface area contributed by atoms with Gasteiger partial charge in [-0.1, -0.05) is 67.6 Å². The fraction of sp³-hybridized carbons (Fsp3) is 0.314. The molecule has 242 valence electrons. The van der Waals surface area contributed by atoms with Gasteiger partial charge in [0.2, 0.25) is 11.8 Å². The van der Waals surface area contributed by atoms with E-state index in [4.69, 9.17) is 0 Å². The van der Waals surface area contributed by atoms with Crippen molar-refractivity contribution in [3.63, 3.8) is 0 Å². The van der Waals surface area contributed by atoms with E-state index in [9.17, 15) is 24.3 Å². The van der Waals surface area contributed by atoms with Crippen LogP contribution in [0.1, 0.15) is 40.4 Å².